The molecule has 1 aliphatic rings. The van der Waals surface area contributed by atoms with Crippen LogP contribution in [0.2, 0.25) is 0 Å². The number of thiazole rings is 1. The molecule has 2 aromatic heterocycles. The molecule has 0 fully saturated rings. The highest BCUT2D eigenvalue weighted by molar-refractivity contribution is 7.13. The highest BCUT2D eigenvalue weighted by atomic mass is 32.1. The second kappa shape index (κ2) is 9.08. The predicted octanol–water partition coefficient (Wildman–Crippen LogP) is 5.34. The molecule has 0 atom stereocenters. The van der Waals surface area contributed by atoms with Gasteiger partial charge in [0.05, 0.1) is 10.7 Å². The van der Waals surface area contributed by atoms with Gasteiger partial charge in [-0.05, 0) is 51.2 Å². The van der Waals surface area contributed by atoms with Crippen LogP contribution in [0.3, 0.4) is 0 Å². The van der Waals surface area contributed by atoms with Gasteiger partial charge in [0.1, 0.15) is 10.7 Å². The zero-order valence-electron chi connectivity index (χ0n) is 18.0. The minimum absolute atomic E-state index is 0.0897. The molecule has 1 aliphatic heterocycles. The molecule has 1 amide bonds. The lowest BCUT2D eigenvalue weighted by Gasteiger charge is -2.11. The van der Waals surface area contributed by atoms with Crippen LogP contribution in [-0.2, 0) is 19.4 Å². The van der Waals surface area contributed by atoms with Gasteiger partial charge in [0.25, 0.3) is 5.91 Å². The maximum Gasteiger partial charge on any atom is 0.267 e. The summed E-state index contributed by atoms with van der Waals surface area (Å²) in [6, 6.07) is 6.12. The highest BCUT2D eigenvalue weighted by Gasteiger charge is 2.19. The molecule has 0 bridgehead atoms. The summed E-state index contributed by atoms with van der Waals surface area (Å²) in [6.07, 6.45) is 7.68. The molecule has 30 heavy (non-hydrogen) atoms. The maximum atomic E-state index is 13.0. The molecule has 1 aromatic carbocycles. The van der Waals surface area contributed by atoms with Crippen LogP contribution in [0.4, 0.5) is 5.69 Å². The zero-order valence-corrected chi connectivity index (χ0v) is 18.8. The number of rotatable bonds is 6. The van der Waals surface area contributed by atoms with Gasteiger partial charge in [0.15, 0.2) is 5.82 Å². The Morgan fingerprint density at radius 2 is 2.07 bits per heavy atom. The second-order valence-electron chi connectivity index (χ2n) is 8.01. The van der Waals surface area contributed by atoms with E-state index in [1.54, 1.807) is 0 Å². The first-order chi connectivity index (χ1) is 14.6. The molecule has 0 spiro atoms. The number of fused-ring (bicyclic) bond motifs is 1. The van der Waals surface area contributed by atoms with Gasteiger partial charge in [-0.25, -0.2) is 4.98 Å². The number of benzene rings is 1. The molecule has 0 saturated heterocycles. The van der Waals surface area contributed by atoms with E-state index in [1.165, 1.54) is 24.2 Å². The Kier molecular flexibility index (Phi) is 6.27. The van der Waals surface area contributed by atoms with Crippen molar-refractivity contribution in [2.24, 2.45) is 0 Å². The van der Waals surface area contributed by atoms with Crippen molar-refractivity contribution in [3.05, 3.63) is 45.2 Å². The molecule has 0 radical (unpaired) electrons. The molecule has 158 valence electrons. The van der Waals surface area contributed by atoms with Crippen molar-refractivity contribution in [1.82, 2.24) is 19.7 Å². The first-order valence-corrected chi connectivity index (χ1v) is 11.7. The van der Waals surface area contributed by atoms with E-state index in [-0.39, 0.29) is 5.91 Å². The largest absolute Gasteiger partial charge is 0.321 e. The summed E-state index contributed by atoms with van der Waals surface area (Å²) in [5.74, 6) is 1.86. The van der Waals surface area contributed by atoms with Crippen LogP contribution in [0.15, 0.2) is 18.2 Å². The van der Waals surface area contributed by atoms with E-state index in [9.17, 15) is 4.79 Å². The number of carbonyl (C=O) groups excluding carboxylic acids is 1. The standard InChI is InChI=1S/C23H29N5OS/c1-4-5-10-20-24-16(3)21(30-20)23(29)25-18-14-17(12-11-15(18)2)22-27-26-19-9-7-6-8-13-28(19)22/h11-12,14H,4-10,13H2,1-3H3,(H,25,29). The number of anilines is 1. The van der Waals surface area contributed by atoms with Crippen molar-refractivity contribution in [1.29, 1.82) is 0 Å². The number of nitrogens with zero attached hydrogens (tertiary/aromatic N) is 4. The summed E-state index contributed by atoms with van der Waals surface area (Å²) < 4.78 is 2.23. The molecule has 6 nitrogen and oxygen atoms in total. The lowest BCUT2D eigenvalue weighted by molar-refractivity contribution is 0.102. The fourth-order valence-electron chi connectivity index (χ4n) is 3.87. The smallest absolute Gasteiger partial charge is 0.267 e. The Bertz CT molecular complexity index is 1050. The van der Waals surface area contributed by atoms with E-state index in [2.05, 4.69) is 38.1 Å². The second-order valence-corrected chi connectivity index (χ2v) is 9.10. The van der Waals surface area contributed by atoms with Crippen LogP contribution in [0.25, 0.3) is 11.4 Å². The fraction of sp³-hybridized carbons (Fsp3) is 0.478. The minimum Gasteiger partial charge on any atom is -0.321 e. The highest BCUT2D eigenvalue weighted by Crippen LogP contribution is 2.28. The van der Waals surface area contributed by atoms with Crippen LogP contribution in [0, 0.1) is 13.8 Å². The van der Waals surface area contributed by atoms with Gasteiger partial charge < -0.3 is 9.88 Å². The number of hydrogen-bond acceptors (Lipinski definition) is 5. The number of amides is 1. The Hall–Kier alpha value is -2.54. The molecule has 3 heterocycles. The first-order valence-electron chi connectivity index (χ1n) is 10.9. The number of hydrogen-bond donors (Lipinski definition) is 1. The van der Waals surface area contributed by atoms with Gasteiger partial charge in [-0.1, -0.05) is 31.9 Å². The van der Waals surface area contributed by atoms with Gasteiger partial charge in [-0.2, -0.15) is 0 Å². The Morgan fingerprint density at radius 3 is 2.90 bits per heavy atom. The minimum atomic E-state index is -0.0897. The number of aryl methyl sites for hydroxylation is 4. The molecule has 1 N–H and O–H groups in total. The van der Waals surface area contributed by atoms with E-state index in [0.29, 0.717) is 4.88 Å². The SMILES string of the molecule is CCCCc1nc(C)c(C(=O)Nc2cc(-c3nnc4n3CCCCC4)ccc2C)s1. The summed E-state index contributed by atoms with van der Waals surface area (Å²) >= 11 is 1.51. The van der Waals surface area contributed by atoms with Gasteiger partial charge >= 0.3 is 0 Å². The van der Waals surface area contributed by atoms with Crippen molar-refractivity contribution in [3.8, 4) is 11.4 Å². The van der Waals surface area contributed by atoms with Crippen molar-refractivity contribution in [3.63, 3.8) is 0 Å². The molecule has 3 aromatic rings. The van der Waals surface area contributed by atoms with Crippen LogP contribution in [-0.4, -0.2) is 25.7 Å². The van der Waals surface area contributed by atoms with Crippen molar-refractivity contribution in [2.75, 3.05) is 5.32 Å². The van der Waals surface area contributed by atoms with Crippen LogP contribution in [0.1, 0.15) is 70.8 Å². The molecule has 0 unspecified atom stereocenters. The topological polar surface area (TPSA) is 72.7 Å². The number of aromatic nitrogens is 4. The molecule has 0 saturated carbocycles. The zero-order chi connectivity index (χ0) is 21.1. The van der Waals surface area contributed by atoms with E-state index < -0.39 is 0 Å². The Balaban J connectivity index is 1.58. The third-order valence-electron chi connectivity index (χ3n) is 5.64. The third kappa shape index (κ3) is 4.31. The predicted molar refractivity (Wildman–Crippen MR) is 121 cm³/mol. The van der Waals surface area contributed by atoms with Crippen molar-refractivity contribution >= 4 is 22.9 Å². The maximum absolute atomic E-state index is 13.0. The number of carbonyl (C=O) groups is 1. The molecule has 0 aliphatic carbocycles. The van der Waals surface area contributed by atoms with E-state index in [1.807, 2.05) is 26.0 Å². The van der Waals surface area contributed by atoms with Gasteiger partial charge in [0, 0.05) is 24.2 Å². The summed E-state index contributed by atoms with van der Waals surface area (Å²) in [4.78, 5) is 18.3. The lowest BCUT2D eigenvalue weighted by atomic mass is 10.1. The van der Waals surface area contributed by atoms with E-state index >= 15 is 0 Å². The van der Waals surface area contributed by atoms with Crippen molar-refractivity contribution < 1.29 is 4.79 Å². The number of unbranched alkanes of at least 4 members (excludes halogenated alkanes) is 1. The number of nitrogens with one attached hydrogen (secondary N) is 1. The molecular formula is C23H29N5OS. The average molecular weight is 424 g/mol. The van der Waals surface area contributed by atoms with E-state index in [4.69, 9.17) is 0 Å². The summed E-state index contributed by atoms with van der Waals surface area (Å²) in [5.41, 5.74) is 3.63. The monoisotopic (exact) mass is 423 g/mol. The van der Waals surface area contributed by atoms with Gasteiger partial charge in [0.2, 0.25) is 0 Å². The molecule has 4 rings (SSSR count). The first kappa shape index (κ1) is 20.7. The summed E-state index contributed by atoms with van der Waals surface area (Å²) in [6.45, 7) is 7.04. The quantitative estimate of drug-likeness (QED) is 0.581. The normalized spacial score (nSPS) is 13.7. The van der Waals surface area contributed by atoms with Gasteiger partial charge in [-0.3, -0.25) is 4.79 Å². The lowest BCUT2D eigenvalue weighted by Crippen LogP contribution is -2.12. The molecular weight excluding hydrogens is 394 g/mol. The van der Waals surface area contributed by atoms with Crippen molar-refractivity contribution in [2.45, 2.75) is 72.3 Å². The van der Waals surface area contributed by atoms with Crippen LogP contribution >= 0.6 is 11.3 Å². The summed E-state index contributed by atoms with van der Waals surface area (Å²) in [5, 5.41) is 13.0. The molecule has 7 heteroatoms. The van der Waals surface area contributed by atoms with Crippen LogP contribution in [0.5, 0.6) is 0 Å². The van der Waals surface area contributed by atoms with Crippen LogP contribution < -0.4 is 5.32 Å². The Morgan fingerprint density at radius 1 is 1.20 bits per heavy atom. The fourth-order valence-corrected chi connectivity index (χ4v) is 4.87. The van der Waals surface area contributed by atoms with E-state index in [0.717, 1.165) is 77.8 Å². The average Bonchev–Trinajstić information content (AvgIpc) is 3.23. The Labute approximate surface area is 181 Å². The van der Waals surface area contributed by atoms with Gasteiger partial charge in [-0.15, -0.1) is 21.5 Å². The third-order valence-corrected chi connectivity index (χ3v) is 6.86. The summed E-state index contributed by atoms with van der Waals surface area (Å²) in [7, 11) is 0.